The molecular weight excluding hydrogens is 414 g/mol. The lowest BCUT2D eigenvalue weighted by molar-refractivity contribution is 0.102. The minimum atomic E-state index is -0.336. The van der Waals surface area contributed by atoms with Gasteiger partial charge in [-0.2, -0.15) is 0 Å². The van der Waals surface area contributed by atoms with Gasteiger partial charge in [-0.3, -0.25) is 4.79 Å². The van der Waals surface area contributed by atoms with Gasteiger partial charge in [-0.15, -0.1) is 0 Å². The summed E-state index contributed by atoms with van der Waals surface area (Å²) in [6.45, 7) is 0. The summed E-state index contributed by atoms with van der Waals surface area (Å²) in [7, 11) is 0. The maximum Gasteiger partial charge on any atom is 0.221 e. The molecule has 0 spiro atoms. The largest absolute Gasteiger partial charge is 0.457 e. The Kier molecular flexibility index (Phi) is 5.38. The van der Waals surface area contributed by atoms with Crippen LogP contribution < -0.4 is 0 Å². The van der Waals surface area contributed by atoms with Gasteiger partial charge in [-0.05, 0) is 78.9 Å². The van der Waals surface area contributed by atoms with E-state index in [0.717, 1.165) is 5.56 Å². The number of carbonyl (C=O) groups excluding carboxylic acids is 1. The van der Waals surface area contributed by atoms with Gasteiger partial charge in [0, 0.05) is 21.2 Å². The van der Waals surface area contributed by atoms with Crippen LogP contribution in [0.1, 0.15) is 16.3 Å². The molecule has 0 aliphatic rings. The van der Waals surface area contributed by atoms with Gasteiger partial charge in [-0.1, -0.05) is 23.2 Å². The zero-order valence-electron chi connectivity index (χ0n) is 14.9. The Labute approximate surface area is 176 Å². The van der Waals surface area contributed by atoms with Crippen LogP contribution in [0.15, 0.2) is 81.6 Å². The highest BCUT2D eigenvalue weighted by atomic mass is 35.5. The summed E-state index contributed by atoms with van der Waals surface area (Å²) in [6.07, 6.45) is 2.92. The van der Waals surface area contributed by atoms with E-state index in [1.807, 2.05) is 0 Å². The molecule has 0 fully saturated rings. The average Bonchev–Trinajstić information content (AvgIpc) is 3.36. The second-order valence-electron chi connectivity index (χ2n) is 6.23. The van der Waals surface area contributed by atoms with Crippen LogP contribution in [0.25, 0.3) is 28.7 Å². The van der Waals surface area contributed by atoms with Crippen molar-refractivity contribution >= 4 is 35.1 Å². The molecule has 0 aliphatic carbocycles. The normalized spacial score (nSPS) is 11.3. The summed E-state index contributed by atoms with van der Waals surface area (Å²) in [5.74, 6) is 1.08. The quantitative estimate of drug-likeness (QED) is 0.244. The lowest BCUT2D eigenvalue weighted by atomic mass is 10.2. The zero-order valence-corrected chi connectivity index (χ0v) is 16.4. The molecule has 0 amide bonds. The van der Waals surface area contributed by atoms with Crippen LogP contribution in [0, 0.1) is 5.82 Å². The van der Waals surface area contributed by atoms with Gasteiger partial charge in [-0.25, -0.2) is 4.39 Å². The molecule has 29 heavy (non-hydrogen) atoms. The smallest absolute Gasteiger partial charge is 0.221 e. The third-order valence-corrected chi connectivity index (χ3v) is 4.59. The molecule has 0 saturated carbocycles. The molecule has 4 rings (SSSR count). The topological polar surface area (TPSA) is 43.4 Å². The number of rotatable bonds is 5. The number of carbonyl (C=O) groups is 1. The van der Waals surface area contributed by atoms with E-state index in [1.165, 1.54) is 18.2 Å². The molecule has 0 saturated heterocycles. The van der Waals surface area contributed by atoms with Crippen LogP contribution in [0.3, 0.4) is 0 Å². The van der Waals surface area contributed by atoms with E-state index < -0.39 is 0 Å². The fourth-order valence-corrected chi connectivity index (χ4v) is 3.30. The summed E-state index contributed by atoms with van der Waals surface area (Å²) in [5, 5.41) is 1.01. The van der Waals surface area contributed by atoms with Gasteiger partial charge in [0.1, 0.15) is 23.1 Å². The van der Waals surface area contributed by atoms with Gasteiger partial charge >= 0.3 is 0 Å². The minimum absolute atomic E-state index is 0.175. The fourth-order valence-electron chi connectivity index (χ4n) is 2.77. The highest BCUT2D eigenvalue weighted by Gasteiger charge is 2.11. The Bertz CT molecular complexity index is 1180. The van der Waals surface area contributed by atoms with Gasteiger partial charge in [0.05, 0.1) is 0 Å². The Morgan fingerprint density at radius 1 is 0.793 bits per heavy atom. The Balaban J connectivity index is 1.49. The molecule has 0 unspecified atom stereocenters. The second kappa shape index (κ2) is 8.11. The van der Waals surface area contributed by atoms with Crippen LogP contribution in [0.4, 0.5) is 4.39 Å². The third-order valence-electron chi connectivity index (χ3n) is 4.15. The predicted octanol–water partition coefficient (Wildman–Crippen LogP) is 7.55. The SMILES string of the molecule is O=C(/C=C/c1ccc(-c2cc(Cl)cc(Cl)c2)o1)c1ccc(-c2ccc(F)cc2)o1. The first kappa shape index (κ1) is 19.2. The average molecular weight is 427 g/mol. The zero-order chi connectivity index (χ0) is 20.4. The van der Waals surface area contributed by atoms with E-state index in [0.29, 0.717) is 32.9 Å². The third kappa shape index (κ3) is 4.50. The first-order valence-corrected chi connectivity index (χ1v) is 9.38. The summed E-state index contributed by atoms with van der Waals surface area (Å²) in [4.78, 5) is 12.4. The molecule has 0 bridgehead atoms. The molecule has 3 nitrogen and oxygen atoms in total. The van der Waals surface area contributed by atoms with Crippen molar-refractivity contribution in [3.8, 4) is 22.6 Å². The van der Waals surface area contributed by atoms with Crippen molar-refractivity contribution in [3.05, 3.63) is 100 Å². The summed E-state index contributed by atoms with van der Waals surface area (Å²) in [5.41, 5.74) is 1.42. The van der Waals surface area contributed by atoms with E-state index in [1.54, 1.807) is 60.7 Å². The van der Waals surface area contributed by atoms with Crippen molar-refractivity contribution < 1.29 is 18.0 Å². The van der Waals surface area contributed by atoms with E-state index >= 15 is 0 Å². The lowest BCUT2D eigenvalue weighted by Crippen LogP contribution is -1.90. The van der Waals surface area contributed by atoms with Crippen molar-refractivity contribution in [2.45, 2.75) is 0 Å². The summed E-state index contributed by atoms with van der Waals surface area (Å²) < 4.78 is 24.3. The molecule has 2 aromatic carbocycles. The van der Waals surface area contributed by atoms with E-state index in [4.69, 9.17) is 32.0 Å². The standard InChI is InChI=1S/C23H13Cl2FO3/c24-16-11-15(12-17(25)13-16)22-8-6-19(28-22)5-7-20(27)23-10-9-21(29-23)14-1-3-18(26)4-2-14/h1-13H/b7-5+. The van der Waals surface area contributed by atoms with Gasteiger partial charge in [0.15, 0.2) is 5.76 Å². The van der Waals surface area contributed by atoms with Gasteiger partial charge in [0.25, 0.3) is 0 Å². The van der Waals surface area contributed by atoms with Crippen molar-refractivity contribution in [1.82, 2.24) is 0 Å². The molecule has 0 radical (unpaired) electrons. The van der Waals surface area contributed by atoms with Crippen molar-refractivity contribution in [2.24, 2.45) is 0 Å². The lowest BCUT2D eigenvalue weighted by Gasteiger charge is -1.99. The molecule has 6 heteroatoms. The molecule has 144 valence electrons. The molecular formula is C23H13Cl2FO3. The van der Waals surface area contributed by atoms with Crippen LogP contribution in [-0.4, -0.2) is 5.78 Å². The van der Waals surface area contributed by atoms with Gasteiger partial charge < -0.3 is 8.83 Å². The first-order valence-electron chi connectivity index (χ1n) is 8.62. The Hall–Kier alpha value is -3.08. The van der Waals surface area contributed by atoms with E-state index in [9.17, 15) is 9.18 Å². The first-order chi connectivity index (χ1) is 14.0. The Morgan fingerprint density at radius 3 is 2.17 bits per heavy atom. The van der Waals surface area contributed by atoms with Crippen LogP contribution in [-0.2, 0) is 0 Å². The number of allylic oxidation sites excluding steroid dienone is 1. The Morgan fingerprint density at radius 2 is 1.45 bits per heavy atom. The number of halogens is 3. The number of ketones is 1. The molecule has 4 aromatic rings. The highest BCUT2D eigenvalue weighted by Crippen LogP contribution is 2.29. The van der Waals surface area contributed by atoms with Gasteiger partial charge in [0.2, 0.25) is 5.78 Å². The monoisotopic (exact) mass is 426 g/mol. The van der Waals surface area contributed by atoms with Crippen LogP contribution >= 0.6 is 23.2 Å². The minimum Gasteiger partial charge on any atom is -0.457 e. The van der Waals surface area contributed by atoms with Crippen molar-refractivity contribution in [2.75, 3.05) is 0 Å². The summed E-state index contributed by atoms with van der Waals surface area (Å²) in [6, 6.07) is 17.7. The van der Waals surface area contributed by atoms with E-state index in [-0.39, 0.29) is 17.4 Å². The number of hydrogen-bond donors (Lipinski definition) is 0. The predicted molar refractivity (Wildman–Crippen MR) is 112 cm³/mol. The van der Waals surface area contributed by atoms with E-state index in [2.05, 4.69) is 0 Å². The molecule has 0 atom stereocenters. The number of benzene rings is 2. The van der Waals surface area contributed by atoms with Crippen molar-refractivity contribution in [1.29, 1.82) is 0 Å². The second-order valence-corrected chi connectivity index (χ2v) is 7.10. The molecule has 2 heterocycles. The van der Waals surface area contributed by atoms with Crippen LogP contribution in [0.2, 0.25) is 10.0 Å². The van der Waals surface area contributed by atoms with Crippen molar-refractivity contribution in [3.63, 3.8) is 0 Å². The maximum atomic E-state index is 13.0. The van der Waals surface area contributed by atoms with Crippen LogP contribution in [0.5, 0.6) is 0 Å². The molecule has 0 aliphatic heterocycles. The fraction of sp³-hybridized carbons (Fsp3) is 0. The summed E-state index contributed by atoms with van der Waals surface area (Å²) >= 11 is 12.0. The maximum absolute atomic E-state index is 13.0. The molecule has 0 N–H and O–H groups in total. The number of hydrogen-bond acceptors (Lipinski definition) is 3. The molecule has 2 aromatic heterocycles. The number of furan rings is 2. The highest BCUT2D eigenvalue weighted by molar-refractivity contribution is 6.35.